The van der Waals surface area contributed by atoms with Gasteiger partial charge in [-0.1, -0.05) is 34.8 Å². The maximum absolute atomic E-state index is 11.8. The first-order valence-electron chi connectivity index (χ1n) is 6.94. The van der Waals surface area contributed by atoms with E-state index in [0.717, 1.165) is 0 Å². The highest BCUT2D eigenvalue weighted by molar-refractivity contribution is 6.40. The van der Waals surface area contributed by atoms with Crippen LogP contribution in [0, 0.1) is 0 Å². The van der Waals surface area contributed by atoms with E-state index in [1.165, 1.54) is 18.2 Å². The molecule has 0 aliphatic rings. The van der Waals surface area contributed by atoms with E-state index in [-0.39, 0.29) is 0 Å². The summed E-state index contributed by atoms with van der Waals surface area (Å²) >= 11 is 17.4. The molecule has 9 heteroatoms. The van der Waals surface area contributed by atoms with Crippen LogP contribution in [0.3, 0.4) is 0 Å². The Hall–Kier alpha value is -2.28. The van der Waals surface area contributed by atoms with Crippen molar-refractivity contribution in [2.24, 2.45) is 0 Å². The first-order chi connectivity index (χ1) is 11.8. The summed E-state index contributed by atoms with van der Waals surface area (Å²) in [4.78, 5) is 35.2. The van der Waals surface area contributed by atoms with E-state index >= 15 is 0 Å². The number of carbonyl (C=O) groups excluding carboxylic acids is 3. The van der Waals surface area contributed by atoms with Crippen molar-refractivity contribution >= 4 is 63.9 Å². The second-order valence-corrected chi connectivity index (χ2v) is 6.16. The minimum Gasteiger partial charge on any atom is -0.339 e. The smallest absolute Gasteiger partial charge is 0.313 e. The highest BCUT2D eigenvalue weighted by Gasteiger charge is 2.15. The van der Waals surface area contributed by atoms with Crippen molar-refractivity contribution in [3.8, 4) is 0 Å². The fourth-order valence-electron chi connectivity index (χ4n) is 1.79. The molecule has 0 fully saturated rings. The monoisotopic (exact) mass is 399 g/mol. The number of carbonyl (C=O) groups is 3. The van der Waals surface area contributed by atoms with Crippen molar-refractivity contribution in [2.45, 2.75) is 0 Å². The van der Waals surface area contributed by atoms with E-state index in [2.05, 4.69) is 16.0 Å². The zero-order valence-electron chi connectivity index (χ0n) is 12.6. The lowest BCUT2D eigenvalue weighted by Gasteiger charge is -2.08. The van der Waals surface area contributed by atoms with Gasteiger partial charge in [0.15, 0.2) is 0 Å². The highest BCUT2D eigenvalue weighted by Crippen LogP contribution is 2.22. The number of hydrogen-bond donors (Lipinski definition) is 3. The number of anilines is 2. The lowest BCUT2D eigenvalue weighted by Crippen LogP contribution is -2.39. The summed E-state index contributed by atoms with van der Waals surface area (Å²) < 4.78 is 0. The fourth-order valence-corrected chi connectivity index (χ4v) is 2.45. The van der Waals surface area contributed by atoms with Crippen LogP contribution < -0.4 is 16.0 Å². The zero-order chi connectivity index (χ0) is 18.4. The minimum atomic E-state index is -0.950. The molecule has 0 aromatic heterocycles. The molecule has 0 radical (unpaired) electrons. The molecular formula is C16H12Cl3N3O3. The van der Waals surface area contributed by atoms with Gasteiger partial charge in [0.2, 0.25) is 5.91 Å². The molecule has 0 heterocycles. The molecule has 2 aromatic carbocycles. The molecular weight excluding hydrogens is 389 g/mol. The van der Waals surface area contributed by atoms with E-state index in [4.69, 9.17) is 34.8 Å². The SMILES string of the molecule is O=C(CNC(=O)C(=O)Nc1ccc(Cl)cc1)Nc1cc(Cl)cc(Cl)c1. The summed E-state index contributed by atoms with van der Waals surface area (Å²) in [7, 11) is 0. The van der Waals surface area contributed by atoms with Crippen molar-refractivity contribution in [2.75, 3.05) is 17.2 Å². The van der Waals surface area contributed by atoms with Gasteiger partial charge in [-0.15, -0.1) is 0 Å². The Bertz CT molecular complexity index is 790. The van der Waals surface area contributed by atoms with Gasteiger partial charge < -0.3 is 16.0 Å². The third kappa shape index (κ3) is 6.26. The minimum absolute atomic E-state index is 0.356. The van der Waals surface area contributed by atoms with Gasteiger partial charge >= 0.3 is 11.8 Å². The summed E-state index contributed by atoms with van der Waals surface area (Å²) in [6.45, 7) is -0.392. The van der Waals surface area contributed by atoms with Gasteiger partial charge in [0, 0.05) is 26.4 Å². The number of halogens is 3. The summed E-state index contributed by atoms with van der Waals surface area (Å²) in [5.41, 5.74) is 0.782. The Labute approximate surface area is 158 Å². The molecule has 0 saturated heterocycles. The van der Waals surface area contributed by atoms with Crippen LogP contribution in [0.2, 0.25) is 15.1 Å². The quantitative estimate of drug-likeness (QED) is 0.688. The molecule has 3 N–H and O–H groups in total. The molecule has 0 aliphatic carbocycles. The lowest BCUT2D eigenvalue weighted by molar-refractivity contribution is -0.136. The van der Waals surface area contributed by atoms with E-state index < -0.39 is 24.3 Å². The van der Waals surface area contributed by atoms with Gasteiger partial charge in [0.25, 0.3) is 0 Å². The largest absolute Gasteiger partial charge is 0.339 e. The van der Waals surface area contributed by atoms with Gasteiger partial charge in [0.05, 0.1) is 6.54 Å². The van der Waals surface area contributed by atoms with E-state index in [1.807, 2.05) is 0 Å². The number of hydrogen-bond acceptors (Lipinski definition) is 3. The second-order valence-electron chi connectivity index (χ2n) is 4.85. The van der Waals surface area contributed by atoms with Gasteiger partial charge in [-0.2, -0.15) is 0 Å². The molecule has 0 atom stereocenters. The van der Waals surface area contributed by atoms with Crippen molar-refractivity contribution in [1.82, 2.24) is 5.32 Å². The topological polar surface area (TPSA) is 87.3 Å². The number of rotatable bonds is 4. The standard InChI is InChI=1S/C16H12Cl3N3O3/c17-9-1-3-12(4-2-9)22-16(25)15(24)20-8-14(23)21-13-6-10(18)5-11(19)7-13/h1-7H,8H2,(H,20,24)(H,21,23)(H,22,25). The number of amides is 3. The molecule has 0 aliphatic heterocycles. The molecule has 130 valence electrons. The third-order valence-corrected chi connectivity index (χ3v) is 3.55. The van der Waals surface area contributed by atoms with Crippen molar-refractivity contribution < 1.29 is 14.4 Å². The van der Waals surface area contributed by atoms with Crippen LogP contribution >= 0.6 is 34.8 Å². The van der Waals surface area contributed by atoms with E-state index in [0.29, 0.717) is 26.4 Å². The maximum Gasteiger partial charge on any atom is 0.313 e. The van der Waals surface area contributed by atoms with Gasteiger partial charge in [-0.05, 0) is 42.5 Å². The van der Waals surface area contributed by atoms with Crippen LogP contribution in [0.1, 0.15) is 0 Å². The van der Waals surface area contributed by atoms with Crippen LogP contribution in [-0.4, -0.2) is 24.3 Å². The predicted octanol–water partition coefficient (Wildman–Crippen LogP) is 3.34. The van der Waals surface area contributed by atoms with Crippen LogP contribution in [-0.2, 0) is 14.4 Å². The maximum atomic E-state index is 11.8. The second kappa shape index (κ2) is 8.71. The van der Waals surface area contributed by atoms with E-state index in [9.17, 15) is 14.4 Å². The highest BCUT2D eigenvalue weighted by atomic mass is 35.5. The number of nitrogens with one attached hydrogen (secondary N) is 3. The van der Waals surface area contributed by atoms with Gasteiger partial charge in [-0.25, -0.2) is 0 Å². The molecule has 0 unspecified atom stereocenters. The molecule has 3 amide bonds. The van der Waals surface area contributed by atoms with Crippen molar-refractivity contribution in [3.05, 3.63) is 57.5 Å². The molecule has 2 rings (SSSR count). The molecule has 25 heavy (non-hydrogen) atoms. The average Bonchev–Trinajstić information content (AvgIpc) is 2.53. The van der Waals surface area contributed by atoms with Crippen LogP contribution in [0.15, 0.2) is 42.5 Å². The molecule has 6 nitrogen and oxygen atoms in total. The fraction of sp³-hybridized carbons (Fsp3) is 0.0625. The van der Waals surface area contributed by atoms with Crippen LogP contribution in [0.25, 0.3) is 0 Å². The Morgan fingerprint density at radius 1 is 0.720 bits per heavy atom. The normalized spacial score (nSPS) is 10.0. The zero-order valence-corrected chi connectivity index (χ0v) is 14.9. The van der Waals surface area contributed by atoms with Crippen molar-refractivity contribution in [3.63, 3.8) is 0 Å². The summed E-state index contributed by atoms with van der Waals surface area (Å²) in [5, 5.41) is 8.31. The molecule has 2 aromatic rings. The third-order valence-electron chi connectivity index (χ3n) is 2.86. The Balaban J connectivity index is 1.83. The van der Waals surface area contributed by atoms with Gasteiger partial charge in [-0.3, -0.25) is 14.4 Å². The Morgan fingerprint density at radius 2 is 1.32 bits per heavy atom. The van der Waals surface area contributed by atoms with Crippen LogP contribution in [0.5, 0.6) is 0 Å². The Morgan fingerprint density at radius 3 is 1.92 bits per heavy atom. The summed E-state index contributed by atoms with van der Waals surface area (Å²) in [6, 6.07) is 10.7. The van der Waals surface area contributed by atoms with E-state index in [1.54, 1.807) is 24.3 Å². The summed E-state index contributed by atoms with van der Waals surface area (Å²) in [5.74, 6) is -2.39. The first-order valence-corrected chi connectivity index (χ1v) is 8.07. The average molecular weight is 401 g/mol. The molecule has 0 saturated carbocycles. The van der Waals surface area contributed by atoms with Gasteiger partial charge in [0.1, 0.15) is 0 Å². The van der Waals surface area contributed by atoms with Crippen LogP contribution in [0.4, 0.5) is 11.4 Å². The summed E-state index contributed by atoms with van der Waals surface area (Å²) in [6.07, 6.45) is 0. The van der Waals surface area contributed by atoms with Crippen molar-refractivity contribution in [1.29, 1.82) is 0 Å². The predicted molar refractivity (Wildman–Crippen MR) is 98.2 cm³/mol. The Kier molecular flexibility index (Phi) is 6.64. The number of benzene rings is 2. The molecule has 0 spiro atoms. The molecule has 0 bridgehead atoms. The first kappa shape index (κ1) is 19.1. The lowest BCUT2D eigenvalue weighted by atomic mass is 10.3.